The number of carbonyl (C=O) groups excluding carboxylic acids is 1. The average Bonchev–Trinajstić information content (AvgIpc) is 3.32. The Hall–Kier alpha value is -4.54. The van der Waals surface area contributed by atoms with Gasteiger partial charge in [0.15, 0.2) is 11.0 Å². The first-order valence-corrected chi connectivity index (χ1v) is 13.9. The van der Waals surface area contributed by atoms with Crippen molar-refractivity contribution in [2.45, 2.75) is 25.3 Å². The van der Waals surface area contributed by atoms with E-state index in [1.807, 2.05) is 42.7 Å². The lowest BCUT2D eigenvalue weighted by Gasteiger charge is -2.32. The van der Waals surface area contributed by atoms with Gasteiger partial charge in [0.25, 0.3) is 5.91 Å². The van der Waals surface area contributed by atoms with Crippen molar-refractivity contribution in [2.75, 3.05) is 24.2 Å². The first-order chi connectivity index (χ1) is 19.9. The molecule has 1 saturated heterocycles. The molecule has 1 aliphatic heterocycles. The van der Waals surface area contributed by atoms with Crippen molar-refractivity contribution < 1.29 is 4.79 Å². The molecule has 6 rings (SSSR count). The molecule has 1 amide bonds. The first kappa shape index (κ1) is 26.7. The molecule has 0 aliphatic carbocycles. The molecular formula is C30H30ClN9O. The fraction of sp³-hybridized carbons (Fsp3) is 0.233. The highest BCUT2D eigenvalue weighted by Gasteiger charge is 2.22. The molecule has 0 saturated carbocycles. The van der Waals surface area contributed by atoms with Crippen LogP contribution in [0.15, 0.2) is 73.1 Å². The molecule has 41 heavy (non-hydrogen) atoms. The summed E-state index contributed by atoms with van der Waals surface area (Å²) in [6.45, 7) is 2.87. The van der Waals surface area contributed by atoms with Gasteiger partial charge in [-0.15, -0.1) is 10.2 Å². The molecule has 0 spiro atoms. The third-order valence-corrected chi connectivity index (χ3v) is 7.88. The van der Waals surface area contributed by atoms with E-state index in [-0.39, 0.29) is 11.1 Å². The van der Waals surface area contributed by atoms with Crippen molar-refractivity contribution in [1.29, 1.82) is 0 Å². The summed E-state index contributed by atoms with van der Waals surface area (Å²) < 4.78 is 2.19. The van der Waals surface area contributed by atoms with Crippen molar-refractivity contribution in [3.63, 3.8) is 0 Å². The molecule has 1 fully saturated rings. The number of hydrogen-bond donors (Lipinski definition) is 3. The number of benzene rings is 1. The van der Waals surface area contributed by atoms with Gasteiger partial charge in [0.1, 0.15) is 11.5 Å². The number of fused-ring (bicyclic) bond motifs is 1. The predicted molar refractivity (Wildman–Crippen MR) is 160 cm³/mol. The SMILES string of the molecule is Cn1c(CN2CCC(c3ccc(C(=O)NNc4ccc(Cl)nn4)cc3)CC2)cc2c(-c3ccc(N)nc3)ccnc21. The minimum atomic E-state index is -0.247. The molecule has 4 aromatic heterocycles. The van der Waals surface area contributed by atoms with E-state index >= 15 is 0 Å². The van der Waals surface area contributed by atoms with Gasteiger partial charge in [-0.3, -0.25) is 20.5 Å². The zero-order valence-electron chi connectivity index (χ0n) is 22.6. The molecule has 1 aromatic carbocycles. The molecule has 0 radical (unpaired) electrons. The molecule has 0 bridgehead atoms. The highest BCUT2D eigenvalue weighted by atomic mass is 35.5. The van der Waals surface area contributed by atoms with Crippen LogP contribution in [0, 0.1) is 0 Å². The van der Waals surface area contributed by atoms with Gasteiger partial charge in [-0.05, 0) is 91.5 Å². The second-order valence-electron chi connectivity index (χ2n) is 10.3. The number of nitrogens with two attached hydrogens (primary N) is 1. The predicted octanol–water partition coefficient (Wildman–Crippen LogP) is 4.80. The number of aryl methyl sites for hydroxylation is 1. The average molecular weight is 568 g/mol. The molecule has 0 atom stereocenters. The lowest BCUT2D eigenvalue weighted by Crippen LogP contribution is -2.33. The second-order valence-corrected chi connectivity index (χ2v) is 10.6. The number of nitrogen functional groups attached to an aromatic ring is 1. The summed E-state index contributed by atoms with van der Waals surface area (Å²) in [5.74, 6) is 1.13. The van der Waals surface area contributed by atoms with E-state index < -0.39 is 0 Å². The lowest BCUT2D eigenvalue weighted by atomic mass is 9.89. The van der Waals surface area contributed by atoms with E-state index in [1.54, 1.807) is 12.1 Å². The van der Waals surface area contributed by atoms with Crippen molar-refractivity contribution in [3.8, 4) is 11.1 Å². The third-order valence-electron chi connectivity index (χ3n) is 7.68. The Kier molecular flexibility index (Phi) is 7.49. The van der Waals surface area contributed by atoms with Crippen LogP contribution >= 0.6 is 11.6 Å². The fourth-order valence-electron chi connectivity index (χ4n) is 5.38. The molecule has 5 aromatic rings. The van der Waals surface area contributed by atoms with Gasteiger partial charge < -0.3 is 10.3 Å². The van der Waals surface area contributed by atoms with Crippen LogP contribution in [0.25, 0.3) is 22.2 Å². The monoisotopic (exact) mass is 567 g/mol. The lowest BCUT2D eigenvalue weighted by molar-refractivity contribution is 0.0962. The maximum absolute atomic E-state index is 12.5. The molecule has 5 heterocycles. The molecule has 208 valence electrons. The van der Waals surface area contributed by atoms with E-state index in [0.29, 0.717) is 23.1 Å². The summed E-state index contributed by atoms with van der Waals surface area (Å²) in [6, 6.07) is 19.2. The van der Waals surface area contributed by atoms with Gasteiger partial charge in [-0.1, -0.05) is 23.7 Å². The summed E-state index contributed by atoms with van der Waals surface area (Å²) >= 11 is 5.74. The Morgan fingerprint density at radius 2 is 1.83 bits per heavy atom. The van der Waals surface area contributed by atoms with Gasteiger partial charge in [0.05, 0.1) is 0 Å². The van der Waals surface area contributed by atoms with Gasteiger partial charge in [0.2, 0.25) is 0 Å². The van der Waals surface area contributed by atoms with Crippen LogP contribution in [0.1, 0.15) is 40.4 Å². The summed E-state index contributed by atoms with van der Waals surface area (Å²) in [6.07, 6.45) is 5.79. The smallest absolute Gasteiger partial charge is 0.269 e. The number of nitrogens with one attached hydrogen (secondary N) is 2. The van der Waals surface area contributed by atoms with E-state index in [4.69, 9.17) is 17.3 Å². The van der Waals surface area contributed by atoms with Crippen molar-refractivity contribution in [1.82, 2.24) is 35.1 Å². The number of nitrogens with zero attached hydrogens (tertiary/aromatic N) is 6. The first-order valence-electron chi connectivity index (χ1n) is 13.5. The molecule has 4 N–H and O–H groups in total. The Labute approximate surface area is 242 Å². The normalized spacial score (nSPS) is 14.3. The summed E-state index contributed by atoms with van der Waals surface area (Å²) in [4.78, 5) is 23.9. The van der Waals surface area contributed by atoms with Crippen LogP contribution in [0.5, 0.6) is 0 Å². The minimum absolute atomic E-state index is 0.247. The highest BCUT2D eigenvalue weighted by molar-refractivity contribution is 6.29. The Morgan fingerprint density at radius 3 is 2.54 bits per heavy atom. The summed E-state index contributed by atoms with van der Waals surface area (Å²) in [5.41, 5.74) is 17.3. The molecule has 11 heteroatoms. The van der Waals surface area contributed by atoms with Crippen molar-refractivity contribution in [3.05, 3.63) is 95.0 Å². The Balaban J connectivity index is 1.06. The van der Waals surface area contributed by atoms with Crippen LogP contribution in [0.3, 0.4) is 0 Å². The highest BCUT2D eigenvalue weighted by Crippen LogP contribution is 2.32. The number of pyridine rings is 2. The summed E-state index contributed by atoms with van der Waals surface area (Å²) in [7, 11) is 2.08. The van der Waals surface area contributed by atoms with Crippen LogP contribution < -0.4 is 16.6 Å². The molecular weight excluding hydrogens is 538 g/mol. The molecule has 10 nitrogen and oxygen atoms in total. The van der Waals surface area contributed by atoms with Crippen LogP contribution in [0.4, 0.5) is 11.6 Å². The number of hydrazine groups is 1. The van der Waals surface area contributed by atoms with Crippen LogP contribution in [0.2, 0.25) is 5.15 Å². The number of halogens is 1. The van der Waals surface area contributed by atoms with Gasteiger partial charge in [0, 0.05) is 48.2 Å². The summed E-state index contributed by atoms with van der Waals surface area (Å²) in [5, 5.41) is 9.01. The van der Waals surface area contributed by atoms with Crippen LogP contribution in [-0.4, -0.2) is 48.6 Å². The quantitative estimate of drug-likeness (QED) is 0.239. The van der Waals surface area contributed by atoms with E-state index in [1.165, 1.54) is 11.3 Å². The van der Waals surface area contributed by atoms with Crippen molar-refractivity contribution >= 4 is 40.2 Å². The third kappa shape index (κ3) is 5.84. The minimum Gasteiger partial charge on any atom is -0.384 e. The van der Waals surface area contributed by atoms with Crippen molar-refractivity contribution in [2.24, 2.45) is 7.05 Å². The second kappa shape index (κ2) is 11.5. The largest absolute Gasteiger partial charge is 0.384 e. The number of carbonyl (C=O) groups is 1. The number of amides is 1. The number of aromatic nitrogens is 5. The maximum atomic E-state index is 12.5. The topological polar surface area (TPSA) is 127 Å². The van der Waals surface area contributed by atoms with E-state index in [9.17, 15) is 4.79 Å². The van der Waals surface area contributed by atoms with Crippen LogP contribution in [-0.2, 0) is 13.6 Å². The fourth-order valence-corrected chi connectivity index (χ4v) is 5.48. The zero-order chi connectivity index (χ0) is 28.3. The molecule has 1 aliphatic rings. The number of rotatable bonds is 7. The van der Waals surface area contributed by atoms with E-state index in [0.717, 1.165) is 54.6 Å². The Morgan fingerprint density at radius 1 is 1.02 bits per heavy atom. The molecule has 0 unspecified atom stereocenters. The maximum Gasteiger partial charge on any atom is 0.269 e. The number of likely N-dealkylation sites (tertiary alicyclic amines) is 1. The van der Waals surface area contributed by atoms with Gasteiger partial charge >= 0.3 is 0 Å². The standard InChI is InChI=1S/C30H30ClN9O/c1-39-23(16-25-24(10-13-33-29(25)39)22-6-8-27(32)34-17-22)18-40-14-11-20(12-15-40)19-2-4-21(5-3-19)30(41)38-37-28-9-7-26(31)35-36-28/h2-10,13,16-17,20H,11-12,14-15,18H2,1H3,(H2,32,34)(H,36,37)(H,38,41). The van der Waals surface area contributed by atoms with E-state index in [2.05, 4.69) is 65.7 Å². The number of anilines is 2. The number of piperidine rings is 1. The van der Waals surface area contributed by atoms with Gasteiger partial charge in [-0.2, -0.15) is 0 Å². The number of hydrogen-bond acceptors (Lipinski definition) is 8. The zero-order valence-corrected chi connectivity index (χ0v) is 23.3. The van der Waals surface area contributed by atoms with Gasteiger partial charge in [-0.25, -0.2) is 9.97 Å². The Bertz CT molecular complexity index is 1660.